The Kier molecular flexibility index (Phi) is 15.7. The van der Waals surface area contributed by atoms with Crippen molar-refractivity contribution in [3.05, 3.63) is 107 Å². The zero-order valence-corrected chi connectivity index (χ0v) is 28.1. The van der Waals surface area contributed by atoms with Gasteiger partial charge in [-0.2, -0.15) is 26.3 Å². The zero-order valence-electron chi connectivity index (χ0n) is 28.1. The zero-order chi connectivity index (χ0) is 36.6. The smallest absolute Gasteiger partial charge is 0.416 e. The highest BCUT2D eigenvalue weighted by Gasteiger charge is 2.30. The molecule has 4 aromatic rings. The van der Waals surface area contributed by atoms with Gasteiger partial charge in [0, 0.05) is 36.5 Å². The van der Waals surface area contributed by atoms with Gasteiger partial charge >= 0.3 is 12.4 Å². The molecule has 0 spiro atoms. The van der Waals surface area contributed by atoms with Gasteiger partial charge in [-0.25, -0.2) is 9.97 Å². The van der Waals surface area contributed by atoms with Crippen LogP contribution in [0, 0.1) is 0 Å². The number of hydrogen-bond acceptors (Lipinski definition) is 6. The van der Waals surface area contributed by atoms with Crippen LogP contribution >= 0.6 is 0 Å². The third-order valence-electron chi connectivity index (χ3n) is 7.60. The van der Waals surface area contributed by atoms with Gasteiger partial charge in [0.1, 0.15) is 11.5 Å². The molecule has 0 aliphatic rings. The lowest BCUT2D eigenvalue weighted by molar-refractivity contribution is -0.138. The second-order valence-corrected chi connectivity index (χ2v) is 11.7. The molecule has 50 heavy (non-hydrogen) atoms. The molecule has 1 atom stereocenters. The number of nitrogens with zero attached hydrogens (tertiary/aromatic N) is 2. The van der Waals surface area contributed by atoms with E-state index in [2.05, 4.69) is 23.8 Å². The normalized spacial score (nSPS) is 12.1. The van der Waals surface area contributed by atoms with Gasteiger partial charge in [0.2, 0.25) is 11.8 Å². The van der Waals surface area contributed by atoms with E-state index in [0.717, 1.165) is 75.6 Å². The molecule has 0 radical (unpaired) electrons. The Morgan fingerprint density at radius 3 is 1.54 bits per heavy atom. The van der Waals surface area contributed by atoms with E-state index >= 15 is 0 Å². The van der Waals surface area contributed by atoms with Crippen LogP contribution in [0.25, 0.3) is 0 Å². The standard InChI is InChI=1S/C19H22F3NO2.C19H20F3NO2/c2*1-2-3-4-5-6-17(24)14-7-12-18(23-13-14)25-16-10-8-15(9-11-16)19(20,21)22/h7-13,17,24H,2-6H2,1H3;7-13H,2-6H2,1H3. The monoisotopic (exact) mass is 704 g/mol. The maximum Gasteiger partial charge on any atom is 0.416 e. The van der Waals surface area contributed by atoms with Crippen LogP contribution in [0.4, 0.5) is 26.3 Å². The number of aromatic nitrogens is 2. The third kappa shape index (κ3) is 13.8. The van der Waals surface area contributed by atoms with Crippen LogP contribution in [-0.2, 0) is 12.4 Å². The van der Waals surface area contributed by atoms with Crippen molar-refractivity contribution < 1.29 is 45.7 Å². The highest BCUT2D eigenvalue weighted by molar-refractivity contribution is 5.95. The molecule has 0 aliphatic carbocycles. The number of aliphatic hydroxyl groups excluding tert-OH is 1. The van der Waals surface area contributed by atoms with Gasteiger partial charge in [-0.15, -0.1) is 0 Å². The van der Waals surface area contributed by atoms with Crippen LogP contribution in [0.1, 0.15) is 111 Å². The molecule has 4 rings (SSSR count). The second kappa shape index (κ2) is 19.7. The predicted molar refractivity (Wildman–Crippen MR) is 178 cm³/mol. The summed E-state index contributed by atoms with van der Waals surface area (Å²) in [6, 6.07) is 15.3. The first-order valence-corrected chi connectivity index (χ1v) is 16.6. The lowest BCUT2D eigenvalue weighted by atomic mass is 10.0. The molecule has 0 bridgehead atoms. The lowest BCUT2D eigenvalue weighted by Gasteiger charge is -2.12. The minimum Gasteiger partial charge on any atom is -0.439 e. The molecule has 1 N–H and O–H groups in total. The average molecular weight is 705 g/mol. The molecule has 1 unspecified atom stereocenters. The molecule has 2 aromatic heterocycles. The Balaban J connectivity index is 0.000000270. The number of benzene rings is 2. The fourth-order valence-electron chi connectivity index (χ4n) is 4.71. The topological polar surface area (TPSA) is 81.5 Å². The summed E-state index contributed by atoms with van der Waals surface area (Å²) in [5, 5.41) is 10.1. The van der Waals surface area contributed by atoms with Gasteiger partial charge in [0.15, 0.2) is 5.78 Å². The van der Waals surface area contributed by atoms with Gasteiger partial charge in [-0.3, -0.25) is 4.79 Å². The summed E-state index contributed by atoms with van der Waals surface area (Å²) in [5.41, 5.74) is -0.251. The second-order valence-electron chi connectivity index (χ2n) is 11.7. The fourth-order valence-corrected chi connectivity index (χ4v) is 4.71. The number of aliphatic hydroxyl groups is 1. The summed E-state index contributed by atoms with van der Waals surface area (Å²) in [7, 11) is 0. The van der Waals surface area contributed by atoms with Crippen molar-refractivity contribution >= 4 is 5.78 Å². The molecule has 0 saturated heterocycles. The van der Waals surface area contributed by atoms with Crippen LogP contribution in [0.3, 0.4) is 0 Å². The largest absolute Gasteiger partial charge is 0.439 e. The number of carbonyl (C=O) groups is 1. The van der Waals surface area contributed by atoms with E-state index in [0.29, 0.717) is 24.0 Å². The number of Topliss-reactive ketones (excluding diaryl/α,β-unsaturated/α-hetero) is 1. The van der Waals surface area contributed by atoms with E-state index < -0.39 is 29.6 Å². The SMILES string of the molecule is CCCCCCC(=O)c1ccc(Oc2ccc(C(F)(F)F)cc2)nc1.CCCCCCC(O)c1ccc(Oc2ccc(C(F)(F)F)cc2)nc1. The number of halogens is 6. The Morgan fingerprint density at radius 1 is 0.640 bits per heavy atom. The fraction of sp³-hybridized carbons (Fsp3) is 0.395. The number of carbonyl (C=O) groups excluding carboxylic acids is 1. The van der Waals surface area contributed by atoms with Gasteiger partial charge in [-0.1, -0.05) is 58.8 Å². The van der Waals surface area contributed by atoms with Gasteiger partial charge in [0.05, 0.1) is 17.2 Å². The van der Waals surface area contributed by atoms with E-state index in [1.165, 1.54) is 42.7 Å². The molecule has 12 heteroatoms. The number of hydrogen-bond donors (Lipinski definition) is 1. The molecule has 270 valence electrons. The maximum absolute atomic E-state index is 12.5. The van der Waals surface area contributed by atoms with Gasteiger partial charge < -0.3 is 14.6 Å². The Morgan fingerprint density at radius 2 is 1.12 bits per heavy atom. The first kappa shape index (κ1) is 40.0. The number of pyridine rings is 2. The molecule has 2 heterocycles. The van der Waals surface area contributed by atoms with Gasteiger partial charge in [-0.05, 0) is 79.1 Å². The summed E-state index contributed by atoms with van der Waals surface area (Å²) in [6.07, 6.45) is 3.30. The number of rotatable bonds is 16. The molecule has 0 amide bonds. The third-order valence-corrected chi connectivity index (χ3v) is 7.60. The Hall–Kier alpha value is -4.45. The van der Waals surface area contributed by atoms with Crippen molar-refractivity contribution in [1.82, 2.24) is 9.97 Å². The number of alkyl halides is 6. The van der Waals surface area contributed by atoms with E-state index in [-0.39, 0.29) is 29.0 Å². The lowest BCUT2D eigenvalue weighted by Crippen LogP contribution is -2.04. The van der Waals surface area contributed by atoms with Crippen molar-refractivity contribution in [3.63, 3.8) is 0 Å². The van der Waals surface area contributed by atoms with Crippen molar-refractivity contribution in [1.29, 1.82) is 0 Å². The van der Waals surface area contributed by atoms with Crippen LogP contribution in [0.2, 0.25) is 0 Å². The average Bonchev–Trinajstić information content (AvgIpc) is 3.09. The minimum atomic E-state index is -4.38. The molecule has 6 nitrogen and oxygen atoms in total. The van der Waals surface area contributed by atoms with Crippen molar-refractivity contribution in [2.24, 2.45) is 0 Å². The molecular formula is C38H42F6N2O4. The quantitative estimate of drug-likeness (QED) is 0.0710. The van der Waals surface area contributed by atoms with E-state index in [9.17, 15) is 36.2 Å². The predicted octanol–water partition coefficient (Wildman–Crippen LogP) is 11.9. The van der Waals surface area contributed by atoms with Crippen molar-refractivity contribution in [3.8, 4) is 23.3 Å². The number of unbranched alkanes of at least 4 members (excludes halogenated alkanes) is 6. The minimum absolute atomic E-state index is 0.0321. The van der Waals surface area contributed by atoms with Crippen molar-refractivity contribution in [2.75, 3.05) is 0 Å². The molecule has 2 aromatic carbocycles. The van der Waals surface area contributed by atoms with E-state index in [1.54, 1.807) is 18.2 Å². The summed E-state index contributed by atoms with van der Waals surface area (Å²) < 4.78 is 85.9. The maximum atomic E-state index is 12.5. The van der Waals surface area contributed by atoms with E-state index in [1.807, 2.05) is 0 Å². The highest BCUT2D eigenvalue weighted by Crippen LogP contribution is 2.32. The number of ketones is 1. The summed E-state index contributed by atoms with van der Waals surface area (Å²) in [5.74, 6) is 1.04. The Bertz CT molecular complexity index is 1560. The van der Waals surface area contributed by atoms with Crippen molar-refractivity contribution in [2.45, 2.75) is 96.5 Å². The molecule has 0 saturated carbocycles. The van der Waals surface area contributed by atoms with Gasteiger partial charge in [0.25, 0.3) is 0 Å². The summed E-state index contributed by atoms with van der Waals surface area (Å²) in [4.78, 5) is 20.2. The van der Waals surface area contributed by atoms with Crippen LogP contribution < -0.4 is 9.47 Å². The Labute approximate surface area is 288 Å². The van der Waals surface area contributed by atoms with Crippen LogP contribution in [0.15, 0.2) is 85.2 Å². The summed E-state index contributed by atoms with van der Waals surface area (Å²) >= 11 is 0. The first-order valence-electron chi connectivity index (χ1n) is 16.6. The first-order chi connectivity index (χ1) is 23.8. The molecular weight excluding hydrogens is 662 g/mol. The molecule has 0 aliphatic heterocycles. The number of ether oxygens (including phenoxy) is 2. The summed E-state index contributed by atoms with van der Waals surface area (Å²) in [6.45, 7) is 4.25. The van der Waals surface area contributed by atoms with Crippen LogP contribution in [-0.4, -0.2) is 20.9 Å². The highest BCUT2D eigenvalue weighted by atomic mass is 19.4. The molecule has 0 fully saturated rings. The van der Waals surface area contributed by atoms with E-state index in [4.69, 9.17) is 9.47 Å². The van der Waals surface area contributed by atoms with Crippen LogP contribution in [0.5, 0.6) is 23.3 Å².